The van der Waals surface area contributed by atoms with Crippen LogP contribution in [0.3, 0.4) is 0 Å². The summed E-state index contributed by atoms with van der Waals surface area (Å²) in [6, 6.07) is 3.41. The van der Waals surface area contributed by atoms with E-state index >= 15 is 0 Å². The van der Waals surface area contributed by atoms with E-state index < -0.39 is 19.9 Å². The molecule has 0 saturated heterocycles. The van der Waals surface area contributed by atoms with Crippen LogP contribution >= 0.6 is 24.0 Å². The topological polar surface area (TPSA) is 106 Å². The molecule has 0 bridgehead atoms. The number of rotatable bonds is 5. The van der Waals surface area contributed by atoms with Crippen molar-refractivity contribution in [1.82, 2.24) is 4.72 Å². The maximum Gasteiger partial charge on any atom is 0.242 e. The van der Waals surface area contributed by atoms with Crippen LogP contribution in [0.4, 0.5) is 0 Å². The van der Waals surface area contributed by atoms with Gasteiger partial charge in [-0.25, -0.2) is 21.6 Å². The quantitative estimate of drug-likeness (QED) is 0.776. The second-order valence-electron chi connectivity index (χ2n) is 5.52. The lowest BCUT2D eigenvalue weighted by molar-refractivity contribution is 0.453. The lowest BCUT2D eigenvalue weighted by atomic mass is 10.1. The molecule has 0 heterocycles. The molecular formula is C13H20Cl2N2O4S2. The van der Waals surface area contributed by atoms with Crippen LogP contribution in [-0.4, -0.2) is 35.7 Å². The highest BCUT2D eigenvalue weighted by atomic mass is 35.5. The summed E-state index contributed by atoms with van der Waals surface area (Å²) in [6.45, 7) is 0.407. The molecule has 1 saturated carbocycles. The van der Waals surface area contributed by atoms with Crippen LogP contribution in [0.15, 0.2) is 28.0 Å². The van der Waals surface area contributed by atoms with Gasteiger partial charge in [-0.1, -0.05) is 18.0 Å². The highest BCUT2D eigenvalue weighted by Gasteiger charge is 2.31. The minimum absolute atomic E-state index is 0. The molecule has 23 heavy (non-hydrogen) atoms. The fraction of sp³-hybridized carbons (Fsp3) is 0.538. The van der Waals surface area contributed by atoms with Crippen LogP contribution in [-0.2, 0) is 19.9 Å². The van der Waals surface area contributed by atoms with Crippen LogP contribution in [0.5, 0.6) is 0 Å². The van der Waals surface area contributed by atoms with Gasteiger partial charge in [-0.2, -0.15) is 0 Å². The molecule has 6 nitrogen and oxygen atoms in total. The van der Waals surface area contributed by atoms with Gasteiger partial charge in [0.1, 0.15) is 4.90 Å². The zero-order chi connectivity index (χ0) is 16.5. The SMILES string of the molecule is CS(=O)(=O)c1ccc(Cl)c(S(=O)(=O)NC2CCCC2CN)c1.Cl. The van der Waals surface area contributed by atoms with Crippen molar-refractivity contribution >= 4 is 43.9 Å². The smallest absolute Gasteiger partial charge is 0.242 e. The van der Waals surface area contributed by atoms with E-state index in [1.165, 1.54) is 12.1 Å². The maximum atomic E-state index is 12.5. The van der Waals surface area contributed by atoms with Crippen molar-refractivity contribution in [3.05, 3.63) is 23.2 Å². The molecule has 1 aromatic rings. The molecule has 2 unspecified atom stereocenters. The fourth-order valence-electron chi connectivity index (χ4n) is 2.66. The Balaban J connectivity index is 0.00000264. The van der Waals surface area contributed by atoms with E-state index in [1.807, 2.05) is 0 Å². The minimum Gasteiger partial charge on any atom is -0.330 e. The van der Waals surface area contributed by atoms with Gasteiger partial charge in [0.05, 0.1) is 9.92 Å². The van der Waals surface area contributed by atoms with Crippen molar-refractivity contribution in [3.8, 4) is 0 Å². The molecule has 10 heteroatoms. The summed E-state index contributed by atoms with van der Waals surface area (Å²) < 4.78 is 50.8. The van der Waals surface area contributed by atoms with Crippen molar-refractivity contribution in [1.29, 1.82) is 0 Å². The van der Waals surface area contributed by atoms with Gasteiger partial charge in [0.15, 0.2) is 9.84 Å². The van der Waals surface area contributed by atoms with Crippen LogP contribution in [0.1, 0.15) is 19.3 Å². The molecule has 1 aliphatic carbocycles. The Labute approximate surface area is 148 Å². The van der Waals surface area contributed by atoms with Gasteiger partial charge >= 0.3 is 0 Å². The zero-order valence-electron chi connectivity index (χ0n) is 12.5. The molecule has 132 valence electrons. The lowest BCUT2D eigenvalue weighted by Gasteiger charge is -2.20. The van der Waals surface area contributed by atoms with Gasteiger partial charge in [0, 0.05) is 12.3 Å². The lowest BCUT2D eigenvalue weighted by Crippen LogP contribution is -2.39. The Kier molecular flexibility index (Phi) is 6.89. The van der Waals surface area contributed by atoms with Gasteiger partial charge in [0.2, 0.25) is 10.0 Å². The summed E-state index contributed by atoms with van der Waals surface area (Å²) in [5.74, 6) is 0.0895. The van der Waals surface area contributed by atoms with E-state index in [2.05, 4.69) is 4.72 Å². The number of sulfonamides is 1. The van der Waals surface area contributed by atoms with E-state index in [0.717, 1.165) is 25.2 Å². The average molecular weight is 403 g/mol. The molecule has 2 atom stereocenters. The third-order valence-corrected chi connectivity index (χ3v) is 6.97. The third-order valence-electron chi connectivity index (χ3n) is 3.89. The third kappa shape index (κ3) is 4.80. The average Bonchev–Trinajstić information content (AvgIpc) is 2.84. The zero-order valence-corrected chi connectivity index (χ0v) is 15.7. The maximum absolute atomic E-state index is 12.5. The second-order valence-corrected chi connectivity index (χ2v) is 9.62. The van der Waals surface area contributed by atoms with Crippen molar-refractivity contribution in [2.75, 3.05) is 12.8 Å². The highest BCUT2D eigenvalue weighted by molar-refractivity contribution is 7.91. The van der Waals surface area contributed by atoms with E-state index in [-0.39, 0.29) is 39.2 Å². The Morgan fingerprint density at radius 3 is 2.48 bits per heavy atom. The molecular weight excluding hydrogens is 383 g/mol. The van der Waals surface area contributed by atoms with E-state index in [9.17, 15) is 16.8 Å². The molecule has 0 amide bonds. The van der Waals surface area contributed by atoms with Gasteiger partial charge < -0.3 is 5.73 Å². The Hall–Kier alpha value is -0.380. The van der Waals surface area contributed by atoms with Crippen LogP contribution < -0.4 is 10.5 Å². The first kappa shape index (κ1) is 20.7. The largest absolute Gasteiger partial charge is 0.330 e. The summed E-state index contributed by atoms with van der Waals surface area (Å²) in [7, 11) is -7.42. The van der Waals surface area contributed by atoms with Crippen molar-refractivity contribution < 1.29 is 16.8 Å². The number of nitrogens with one attached hydrogen (secondary N) is 1. The van der Waals surface area contributed by atoms with Crippen LogP contribution in [0.25, 0.3) is 0 Å². The number of nitrogens with two attached hydrogens (primary N) is 1. The number of benzene rings is 1. The molecule has 0 radical (unpaired) electrons. The first-order valence-corrected chi connectivity index (χ1v) is 10.6. The molecule has 1 fully saturated rings. The Morgan fingerprint density at radius 2 is 1.91 bits per heavy atom. The summed E-state index contributed by atoms with van der Waals surface area (Å²) >= 11 is 5.95. The molecule has 1 aliphatic rings. The normalized spacial score (nSPS) is 21.9. The fourth-order valence-corrected chi connectivity index (χ4v) is 5.24. The van der Waals surface area contributed by atoms with E-state index in [0.29, 0.717) is 13.0 Å². The molecule has 3 N–H and O–H groups in total. The van der Waals surface area contributed by atoms with Crippen LogP contribution in [0.2, 0.25) is 5.02 Å². The first-order valence-electron chi connectivity index (χ1n) is 6.87. The van der Waals surface area contributed by atoms with Gasteiger partial charge in [-0.3, -0.25) is 0 Å². The molecule has 0 spiro atoms. The second kappa shape index (κ2) is 7.67. The first-order chi connectivity index (χ1) is 10.1. The van der Waals surface area contributed by atoms with Gasteiger partial charge in [0.25, 0.3) is 0 Å². The summed E-state index contributed by atoms with van der Waals surface area (Å²) in [4.78, 5) is -0.307. The standard InChI is InChI=1S/C13H19ClN2O4S2.ClH/c1-21(17,18)10-5-6-11(14)13(7-10)22(19,20)16-12-4-2-3-9(12)8-15;/h5-7,9,12,16H,2-4,8,15H2,1H3;1H. The van der Waals surface area contributed by atoms with Crippen molar-refractivity contribution in [2.24, 2.45) is 11.7 Å². The van der Waals surface area contributed by atoms with E-state index in [1.54, 1.807) is 0 Å². The summed E-state index contributed by atoms with van der Waals surface area (Å²) in [5.41, 5.74) is 5.65. The Morgan fingerprint density at radius 1 is 1.26 bits per heavy atom. The van der Waals surface area contributed by atoms with Crippen molar-refractivity contribution in [2.45, 2.75) is 35.1 Å². The van der Waals surface area contributed by atoms with Crippen molar-refractivity contribution in [3.63, 3.8) is 0 Å². The molecule has 0 aromatic heterocycles. The molecule has 0 aliphatic heterocycles. The molecule has 1 aromatic carbocycles. The van der Waals surface area contributed by atoms with Crippen LogP contribution in [0, 0.1) is 5.92 Å². The van der Waals surface area contributed by atoms with E-state index in [4.69, 9.17) is 17.3 Å². The predicted octanol–water partition coefficient (Wildman–Crippen LogP) is 1.57. The number of hydrogen-bond acceptors (Lipinski definition) is 5. The van der Waals surface area contributed by atoms with Gasteiger partial charge in [-0.05, 0) is 43.5 Å². The summed E-state index contributed by atoms with van der Waals surface area (Å²) in [5, 5.41) is -0.0119. The number of hydrogen-bond donors (Lipinski definition) is 2. The Bertz CT molecular complexity index is 766. The summed E-state index contributed by atoms with van der Waals surface area (Å²) in [6.07, 6.45) is 3.51. The predicted molar refractivity (Wildman–Crippen MR) is 92.3 cm³/mol. The molecule has 2 rings (SSSR count). The minimum atomic E-state index is -3.90. The van der Waals surface area contributed by atoms with Gasteiger partial charge in [-0.15, -0.1) is 12.4 Å². The number of halogens is 2. The monoisotopic (exact) mass is 402 g/mol. The number of sulfone groups is 1. The highest BCUT2D eigenvalue weighted by Crippen LogP contribution is 2.29.